The van der Waals surface area contributed by atoms with Gasteiger partial charge in [-0.15, -0.1) is 0 Å². The van der Waals surface area contributed by atoms with Crippen LogP contribution in [0.2, 0.25) is 0 Å². The molecule has 6 nitrogen and oxygen atoms in total. The third kappa shape index (κ3) is 1.87. The van der Waals surface area contributed by atoms with Crippen molar-refractivity contribution >= 4 is 0 Å². The average molecular weight is 367 g/mol. The van der Waals surface area contributed by atoms with E-state index >= 15 is 0 Å². The van der Waals surface area contributed by atoms with E-state index in [4.69, 9.17) is 18.9 Å². The smallest absolute Gasteiger partial charge is 0.231 e. The molecular formula is C21H21NO5. The van der Waals surface area contributed by atoms with Gasteiger partial charge in [0.2, 0.25) is 13.6 Å². The largest absolute Gasteiger partial charge is 0.454 e. The zero-order chi connectivity index (χ0) is 18.3. The van der Waals surface area contributed by atoms with Gasteiger partial charge in [-0.05, 0) is 48.4 Å². The fraction of sp³-hybridized carbons (Fsp3) is 0.429. The highest BCUT2D eigenvalue weighted by Gasteiger charge is 2.53. The maximum atomic E-state index is 11.3. The highest BCUT2D eigenvalue weighted by molar-refractivity contribution is 5.59. The molecule has 0 radical (unpaired) electrons. The number of nitrogens with zero attached hydrogens (tertiary/aromatic N) is 1. The van der Waals surface area contributed by atoms with E-state index in [1.165, 1.54) is 5.56 Å². The molecule has 3 aliphatic heterocycles. The average Bonchev–Trinajstić information content (AvgIpc) is 3.29. The predicted octanol–water partition coefficient (Wildman–Crippen LogP) is 2.51. The number of rotatable bonds is 0. The van der Waals surface area contributed by atoms with Crippen LogP contribution in [0.5, 0.6) is 23.0 Å². The molecule has 2 aromatic rings. The molecule has 0 bridgehead atoms. The lowest BCUT2D eigenvalue weighted by Crippen LogP contribution is -2.55. The summed E-state index contributed by atoms with van der Waals surface area (Å²) in [6.45, 7) is 3.41. The second kappa shape index (κ2) is 5.09. The third-order valence-electron chi connectivity index (χ3n) is 6.67. The van der Waals surface area contributed by atoms with Crippen LogP contribution in [0.4, 0.5) is 0 Å². The number of benzene rings is 2. The van der Waals surface area contributed by atoms with Crippen molar-refractivity contribution in [2.75, 3.05) is 20.6 Å². The minimum Gasteiger partial charge on any atom is -0.454 e. The van der Waals surface area contributed by atoms with Crippen molar-refractivity contribution in [3.8, 4) is 23.0 Å². The van der Waals surface area contributed by atoms with Crippen molar-refractivity contribution in [3.63, 3.8) is 0 Å². The highest BCUT2D eigenvalue weighted by atomic mass is 16.7. The normalized spacial score (nSPS) is 29.9. The van der Waals surface area contributed by atoms with Gasteiger partial charge >= 0.3 is 0 Å². The lowest BCUT2D eigenvalue weighted by atomic mass is 9.60. The number of hydrogen-bond acceptors (Lipinski definition) is 6. The Morgan fingerprint density at radius 1 is 1.04 bits per heavy atom. The van der Waals surface area contributed by atoms with Gasteiger partial charge in [-0.25, -0.2) is 0 Å². The van der Waals surface area contributed by atoms with E-state index in [-0.39, 0.29) is 19.6 Å². The summed E-state index contributed by atoms with van der Waals surface area (Å²) in [7, 11) is 2.10. The first kappa shape index (κ1) is 15.6. The Kier molecular flexibility index (Phi) is 2.94. The van der Waals surface area contributed by atoms with Crippen LogP contribution in [0, 0.1) is 0 Å². The van der Waals surface area contributed by atoms with Crippen molar-refractivity contribution in [1.29, 1.82) is 0 Å². The van der Waals surface area contributed by atoms with Gasteiger partial charge in [-0.1, -0.05) is 13.0 Å². The number of fused-ring (bicyclic) bond motifs is 8. The van der Waals surface area contributed by atoms with E-state index in [9.17, 15) is 5.11 Å². The number of aliphatic hydroxyl groups excluding tert-OH is 1. The van der Waals surface area contributed by atoms with Gasteiger partial charge in [0.1, 0.15) is 0 Å². The van der Waals surface area contributed by atoms with E-state index in [0.29, 0.717) is 6.42 Å². The van der Waals surface area contributed by atoms with Crippen molar-refractivity contribution in [2.45, 2.75) is 37.5 Å². The Morgan fingerprint density at radius 3 is 2.63 bits per heavy atom. The fourth-order valence-corrected chi connectivity index (χ4v) is 5.41. The van der Waals surface area contributed by atoms with Gasteiger partial charge in [0.15, 0.2) is 23.0 Å². The van der Waals surface area contributed by atoms with E-state index in [0.717, 1.165) is 46.2 Å². The molecule has 140 valence electrons. The van der Waals surface area contributed by atoms with Crippen LogP contribution < -0.4 is 18.9 Å². The summed E-state index contributed by atoms with van der Waals surface area (Å²) in [5.41, 5.74) is 4.15. The Morgan fingerprint density at radius 2 is 1.78 bits per heavy atom. The molecule has 2 aromatic carbocycles. The SMILES string of the molecule is CN1Cc2c(ccc3c2OCO3)C2(C)C1c1cc3c(cc1C[C@@H]2O)OCO3. The topological polar surface area (TPSA) is 60.4 Å². The first-order valence-electron chi connectivity index (χ1n) is 9.30. The second-order valence-corrected chi connectivity index (χ2v) is 8.05. The van der Waals surface area contributed by atoms with Crippen molar-refractivity contribution in [1.82, 2.24) is 4.90 Å². The second-order valence-electron chi connectivity index (χ2n) is 8.05. The van der Waals surface area contributed by atoms with Gasteiger partial charge in [0.25, 0.3) is 0 Å². The Labute approximate surface area is 157 Å². The fourth-order valence-electron chi connectivity index (χ4n) is 5.41. The first-order chi connectivity index (χ1) is 13.1. The van der Waals surface area contributed by atoms with Gasteiger partial charge in [-0.2, -0.15) is 0 Å². The molecular weight excluding hydrogens is 346 g/mol. The number of likely N-dealkylation sites (N-methyl/N-ethyl adjacent to an activating group) is 1. The van der Waals surface area contributed by atoms with Crippen LogP contribution in [0.25, 0.3) is 0 Å². The zero-order valence-corrected chi connectivity index (χ0v) is 15.3. The van der Waals surface area contributed by atoms with E-state index in [2.05, 4.69) is 31.0 Å². The standard InChI is InChI=1S/C21H21NO5/c1-21-14-3-4-15-19(27-10-24-15)13(14)8-22(2)20(21)12-7-17-16(25-9-26-17)5-11(12)6-18(21)23/h3-5,7,18,20,23H,6,8-10H2,1-2H3/t18-,20?,21?/m0/s1. The summed E-state index contributed by atoms with van der Waals surface area (Å²) < 4.78 is 22.5. The van der Waals surface area contributed by atoms with Gasteiger partial charge < -0.3 is 24.1 Å². The molecule has 1 aliphatic carbocycles. The summed E-state index contributed by atoms with van der Waals surface area (Å²) in [5, 5.41) is 11.3. The molecule has 0 amide bonds. The van der Waals surface area contributed by atoms with Gasteiger partial charge in [0.05, 0.1) is 6.10 Å². The van der Waals surface area contributed by atoms with E-state index in [1.807, 2.05) is 12.1 Å². The summed E-state index contributed by atoms with van der Waals surface area (Å²) in [6, 6.07) is 8.24. The quantitative estimate of drug-likeness (QED) is 0.772. The third-order valence-corrected chi connectivity index (χ3v) is 6.67. The number of hydrogen-bond donors (Lipinski definition) is 1. The van der Waals surface area contributed by atoms with E-state index < -0.39 is 11.5 Å². The Hall–Kier alpha value is -2.44. The molecule has 1 N–H and O–H groups in total. The lowest BCUT2D eigenvalue weighted by molar-refractivity contribution is -0.000315. The van der Waals surface area contributed by atoms with Crippen LogP contribution in [0.15, 0.2) is 24.3 Å². The van der Waals surface area contributed by atoms with Gasteiger partial charge in [0, 0.05) is 23.6 Å². The molecule has 0 spiro atoms. The molecule has 0 aromatic heterocycles. The van der Waals surface area contributed by atoms with Crippen LogP contribution in [0.1, 0.15) is 35.2 Å². The molecule has 6 rings (SSSR count). The number of ether oxygens (including phenoxy) is 4. The molecule has 6 heteroatoms. The molecule has 2 unspecified atom stereocenters. The van der Waals surface area contributed by atoms with Crippen LogP contribution in [0.3, 0.4) is 0 Å². The lowest BCUT2D eigenvalue weighted by Gasteiger charge is -2.53. The summed E-state index contributed by atoms with van der Waals surface area (Å²) in [4.78, 5) is 2.30. The molecule has 27 heavy (non-hydrogen) atoms. The van der Waals surface area contributed by atoms with E-state index in [1.54, 1.807) is 0 Å². The van der Waals surface area contributed by atoms with Crippen LogP contribution >= 0.6 is 0 Å². The Bertz CT molecular complexity index is 974. The maximum absolute atomic E-state index is 11.3. The van der Waals surface area contributed by atoms with Crippen LogP contribution in [-0.4, -0.2) is 36.7 Å². The molecule has 0 fully saturated rings. The van der Waals surface area contributed by atoms with Crippen molar-refractivity contribution < 1.29 is 24.1 Å². The van der Waals surface area contributed by atoms with Crippen molar-refractivity contribution in [3.05, 3.63) is 46.5 Å². The predicted molar refractivity (Wildman–Crippen MR) is 96.4 cm³/mol. The zero-order valence-electron chi connectivity index (χ0n) is 15.3. The summed E-state index contributed by atoms with van der Waals surface area (Å²) in [5.74, 6) is 3.17. The maximum Gasteiger partial charge on any atom is 0.231 e. The first-order valence-corrected chi connectivity index (χ1v) is 9.30. The molecule has 0 saturated carbocycles. The van der Waals surface area contributed by atoms with Crippen LogP contribution in [-0.2, 0) is 18.4 Å². The molecule has 3 atom stereocenters. The minimum absolute atomic E-state index is 0.0404. The Balaban J connectivity index is 1.58. The highest BCUT2D eigenvalue weighted by Crippen LogP contribution is 2.57. The molecule has 3 heterocycles. The molecule has 4 aliphatic rings. The van der Waals surface area contributed by atoms with Crippen molar-refractivity contribution in [2.24, 2.45) is 0 Å². The monoisotopic (exact) mass is 367 g/mol. The number of aliphatic hydroxyl groups is 1. The summed E-state index contributed by atoms with van der Waals surface area (Å²) >= 11 is 0. The molecule has 0 saturated heterocycles. The van der Waals surface area contributed by atoms with Gasteiger partial charge in [-0.3, -0.25) is 4.90 Å². The summed E-state index contributed by atoms with van der Waals surface area (Å²) in [6.07, 6.45) is 0.0676. The minimum atomic E-state index is -0.516.